The maximum atomic E-state index is 12.5. The van der Waals surface area contributed by atoms with Crippen LogP contribution in [0.2, 0.25) is 0 Å². The van der Waals surface area contributed by atoms with E-state index in [9.17, 15) is 4.79 Å². The van der Waals surface area contributed by atoms with Gasteiger partial charge in [-0.3, -0.25) is 9.69 Å². The van der Waals surface area contributed by atoms with Gasteiger partial charge in [0.05, 0.1) is 7.11 Å². The highest BCUT2D eigenvalue weighted by atomic mass is 35.5. The Kier molecular flexibility index (Phi) is 10.8. The first kappa shape index (κ1) is 26.0. The van der Waals surface area contributed by atoms with Crippen molar-refractivity contribution in [2.75, 3.05) is 45.2 Å². The number of amides is 1. The topological polar surface area (TPSA) is 44.8 Å². The maximum absolute atomic E-state index is 12.5. The molecule has 1 N–H and O–H groups in total. The lowest BCUT2D eigenvalue weighted by atomic mass is 10.00. The highest BCUT2D eigenvalue weighted by Crippen LogP contribution is 2.31. The van der Waals surface area contributed by atoms with Crippen LogP contribution in [-0.2, 0) is 0 Å². The summed E-state index contributed by atoms with van der Waals surface area (Å²) in [5.74, 6) is 1.03. The van der Waals surface area contributed by atoms with Crippen molar-refractivity contribution in [1.82, 2.24) is 9.80 Å². The zero-order valence-corrected chi connectivity index (χ0v) is 20.5. The average molecular weight is 460 g/mol. The van der Waals surface area contributed by atoms with E-state index in [4.69, 9.17) is 4.74 Å². The van der Waals surface area contributed by atoms with Crippen LogP contribution in [0.15, 0.2) is 48.5 Å². The van der Waals surface area contributed by atoms with Gasteiger partial charge < -0.3 is 15.0 Å². The summed E-state index contributed by atoms with van der Waals surface area (Å²) in [6, 6.07) is 16.8. The van der Waals surface area contributed by atoms with E-state index in [1.807, 2.05) is 49.1 Å². The maximum Gasteiger partial charge on any atom is 0.253 e. The molecule has 5 nitrogen and oxygen atoms in total. The molecule has 1 amide bonds. The Bertz CT molecular complexity index is 818. The van der Waals surface area contributed by atoms with Crippen LogP contribution in [0.1, 0.15) is 61.5 Å². The van der Waals surface area contributed by atoms with Crippen LogP contribution in [0.5, 0.6) is 5.75 Å². The molecule has 1 unspecified atom stereocenters. The van der Waals surface area contributed by atoms with Gasteiger partial charge in [-0.15, -0.1) is 12.4 Å². The second-order valence-electron chi connectivity index (χ2n) is 8.16. The number of nitrogens with one attached hydrogen (secondary N) is 1. The number of nitrogens with zero attached hydrogens (tertiary/aromatic N) is 2. The predicted octanol–water partition coefficient (Wildman–Crippen LogP) is 5.63. The Morgan fingerprint density at radius 1 is 1.09 bits per heavy atom. The summed E-state index contributed by atoms with van der Waals surface area (Å²) < 4.78 is 5.45. The molecule has 1 aliphatic heterocycles. The molecule has 0 spiro atoms. The molecule has 3 rings (SSSR count). The average Bonchev–Trinajstić information content (AvgIpc) is 3.35. The molecule has 2 aromatic carbocycles. The lowest BCUT2D eigenvalue weighted by Crippen LogP contribution is -2.30. The molecule has 1 saturated heterocycles. The minimum Gasteiger partial charge on any atom is -0.497 e. The third kappa shape index (κ3) is 6.88. The highest BCUT2D eigenvalue weighted by Gasteiger charge is 2.23. The summed E-state index contributed by atoms with van der Waals surface area (Å²) in [5.41, 5.74) is 3.16. The van der Waals surface area contributed by atoms with Crippen molar-refractivity contribution in [3.05, 3.63) is 59.7 Å². The van der Waals surface area contributed by atoms with E-state index in [2.05, 4.69) is 28.4 Å². The van der Waals surface area contributed by atoms with E-state index in [1.54, 1.807) is 7.11 Å². The van der Waals surface area contributed by atoms with Crippen molar-refractivity contribution in [3.8, 4) is 5.75 Å². The fourth-order valence-electron chi connectivity index (χ4n) is 4.41. The number of ether oxygens (including phenoxy) is 1. The molecule has 0 saturated carbocycles. The zero-order chi connectivity index (χ0) is 22.1. The van der Waals surface area contributed by atoms with Crippen LogP contribution in [0, 0.1) is 0 Å². The molecule has 2 aromatic rings. The number of hydrogen-bond acceptors (Lipinski definition) is 4. The van der Waals surface area contributed by atoms with Crippen LogP contribution in [0.4, 0.5) is 5.69 Å². The lowest BCUT2D eigenvalue weighted by molar-refractivity contribution is 0.0773. The lowest BCUT2D eigenvalue weighted by Gasteiger charge is -2.28. The second kappa shape index (κ2) is 13.3. The van der Waals surface area contributed by atoms with Gasteiger partial charge >= 0.3 is 0 Å². The Morgan fingerprint density at radius 2 is 1.78 bits per heavy atom. The Hall–Kier alpha value is -2.24. The molecular formula is C26H38ClN3O2. The van der Waals surface area contributed by atoms with Gasteiger partial charge in [0.2, 0.25) is 0 Å². The van der Waals surface area contributed by atoms with Gasteiger partial charge in [-0.05, 0) is 94.6 Å². The summed E-state index contributed by atoms with van der Waals surface area (Å²) in [7, 11) is 1.73. The summed E-state index contributed by atoms with van der Waals surface area (Å²) in [4.78, 5) is 16.9. The molecule has 0 aliphatic carbocycles. The van der Waals surface area contributed by atoms with Gasteiger partial charge in [0.15, 0.2) is 0 Å². The number of carbonyl (C=O) groups is 1. The number of anilines is 1. The minimum absolute atomic E-state index is 0. The number of benzene rings is 2. The van der Waals surface area contributed by atoms with Gasteiger partial charge in [0, 0.05) is 36.9 Å². The molecular weight excluding hydrogens is 422 g/mol. The van der Waals surface area contributed by atoms with E-state index in [0.29, 0.717) is 6.04 Å². The minimum atomic E-state index is 0. The SMILES string of the molecule is CCN(CC)C(=O)c1ccc(NCCCC(c2cccc(OC)c2)N2CCCC2)cc1.Cl. The van der Waals surface area contributed by atoms with E-state index < -0.39 is 0 Å². The number of carbonyl (C=O) groups excluding carboxylic acids is 1. The first-order chi connectivity index (χ1) is 15.2. The van der Waals surface area contributed by atoms with Crippen LogP contribution >= 0.6 is 12.4 Å². The molecule has 1 fully saturated rings. The standard InChI is InChI=1S/C26H37N3O2.ClH/c1-4-28(5-2)26(30)21-13-15-23(16-14-21)27-17-9-12-25(29-18-6-7-19-29)22-10-8-11-24(20-22)31-3;/h8,10-11,13-16,20,25,27H,4-7,9,12,17-19H2,1-3H3;1H. The second-order valence-corrected chi connectivity index (χ2v) is 8.16. The third-order valence-corrected chi connectivity index (χ3v) is 6.23. The molecule has 1 heterocycles. The van der Waals surface area contributed by atoms with Crippen molar-refractivity contribution in [2.24, 2.45) is 0 Å². The van der Waals surface area contributed by atoms with E-state index in [0.717, 1.165) is 49.5 Å². The summed E-state index contributed by atoms with van der Waals surface area (Å²) in [6.07, 6.45) is 4.77. The zero-order valence-electron chi connectivity index (χ0n) is 19.7. The summed E-state index contributed by atoms with van der Waals surface area (Å²) in [5, 5.41) is 3.52. The number of rotatable bonds is 11. The van der Waals surface area contributed by atoms with Gasteiger partial charge in [0.1, 0.15) is 5.75 Å². The smallest absolute Gasteiger partial charge is 0.253 e. The predicted molar refractivity (Wildman–Crippen MR) is 135 cm³/mol. The van der Waals surface area contributed by atoms with Crippen molar-refractivity contribution in [3.63, 3.8) is 0 Å². The molecule has 32 heavy (non-hydrogen) atoms. The number of hydrogen-bond donors (Lipinski definition) is 1. The first-order valence-electron chi connectivity index (χ1n) is 11.7. The third-order valence-electron chi connectivity index (χ3n) is 6.23. The number of methoxy groups -OCH3 is 1. The van der Waals surface area contributed by atoms with Crippen molar-refractivity contribution in [2.45, 2.75) is 45.6 Å². The molecule has 1 aliphatic rings. The molecule has 0 bridgehead atoms. The van der Waals surface area contributed by atoms with Crippen LogP contribution < -0.4 is 10.1 Å². The van der Waals surface area contributed by atoms with Crippen molar-refractivity contribution < 1.29 is 9.53 Å². The largest absolute Gasteiger partial charge is 0.497 e. The molecule has 1 atom stereocenters. The molecule has 0 aromatic heterocycles. The van der Waals surface area contributed by atoms with Crippen LogP contribution in [0.3, 0.4) is 0 Å². The number of halogens is 1. The monoisotopic (exact) mass is 459 g/mol. The normalized spacial score (nSPS) is 14.5. The van der Waals surface area contributed by atoms with Gasteiger partial charge in [-0.1, -0.05) is 12.1 Å². The molecule has 0 radical (unpaired) electrons. The van der Waals surface area contributed by atoms with E-state index in [-0.39, 0.29) is 18.3 Å². The van der Waals surface area contributed by atoms with Crippen LogP contribution in [-0.4, -0.2) is 55.5 Å². The fraction of sp³-hybridized carbons (Fsp3) is 0.500. The van der Waals surface area contributed by atoms with E-state index >= 15 is 0 Å². The van der Waals surface area contributed by atoms with Crippen molar-refractivity contribution >= 4 is 24.0 Å². The first-order valence-corrected chi connectivity index (χ1v) is 11.7. The van der Waals surface area contributed by atoms with Gasteiger partial charge in [0.25, 0.3) is 5.91 Å². The Labute approximate surface area is 199 Å². The van der Waals surface area contributed by atoms with Gasteiger partial charge in [-0.2, -0.15) is 0 Å². The van der Waals surface area contributed by atoms with E-state index in [1.165, 1.54) is 31.5 Å². The molecule has 6 heteroatoms. The van der Waals surface area contributed by atoms with Gasteiger partial charge in [-0.25, -0.2) is 0 Å². The fourth-order valence-corrected chi connectivity index (χ4v) is 4.41. The Morgan fingerprint density at radius 3 is 2.41 bits per heavy atom. The molecule has 176 valence electrons. The Balaban J connectivity index is 0.00000363. The van der Waals surface area contributed by atoms with Crippen molar-refractivity contribution in [1.29, 1.82) is 0 Å². The number of likely N-dealkylation sites (tertiary alicyclic amines) is 1. The summed E-state index contributed by atoms with van der Waals surface area (Å²) in [6.45, 7) is 8.77. The highest BCUT2D eigenvalue weighted by molar-refractivity contribution is 5.94. The quantitative estimate of drug-likeness (QED) is 0.442. The van der Waals surface area contributed by atoms with Crippen LogP contribution in [0.25, 0.3) is 0 Å². The summed E-state index contributed by atoms with van der Waals surface area (Å²) >= 11 is 0.